The lowest BCUT2D eigenvalue weighted by atomic mass is 10.0. The maximum Gasteiger partial charge on any atom is 0.251 e. The van der Waals surface area contributed by atoms with Crippen LogP contribution in [0.1, 0.15) is 34.5 Å². The van der Waals surface area contributed by atoms with E-state index in [2.05, 4.69) is 10.2 Å². The van der Waals surface area contributed by atoms with Crippen molar-refractivity contribution >= 4 is 12.0 Å². The first kappa shape index (κ1) is 20.5. The van der Waals surface area contributed by atoms with E-state index in [1.54, 1.807) is 20.3 Å². The molecule has 1 atom stereocenters. The Morgan fingerprint density at radius 3 is 2.41 bits per heavy atom. The van der Waals surface area contributed by atoms with E-state index in [9.17, 15) is 4.79 Å². The average Bonchev–Trinajstić information content (AvgIpc) is 2.67. The molecule has 0 saturated carbocycles. The molecule has 0 spiro atoms. The van der Waals surface area contributed by atoms with E-state index in [-0.39, 0.29) is 11.9 Å². The number of amides is 1. The van der Waals surface area contributed by atoms with Gasteiger partial charge in [-0.3, -0.25) is 4.79 Å². The van der Waals surface area contributed by atoms with Gasteiger partial charge in [-0.25, -0.2) is 0 Å². The summed E-state index contributed by atoms with van der Waals surface area (Å²) in [5.41, 5.74) is 2.39. The van der Waals surface area contributed by atoms with Crippen molar-refractivity contribution < 1.29 is 14.3 Å². The first-order valence-electron chi connectivity index (χ1n) is 8.89. The lowest BCUT2D eigenvalue weighted by Gasteiger charge is -2.23. The van der Waals surface area contributed by atoms with Crippen LogP contribution in [0, 0.1) is 0 Å². The predicted molar refractivity (Wildman–Crippen MR) is 109 cm³/mol. The molecule has 0 aliphatic rings. The van der Waals surface area contributed by atoms with Gasteiger partial charge >= 0.3 is 0 Å². The monoisotopic (exact) mass is 368 g/mol. The van der Waals surface area contributed by atoms with Gasteiger partial charge in [-0.2, -0.15) is 0 Å². The number of benzene rings is 2. The minimum Gasteiger partial charge on any atom is -0.493 e. The molecule has 0 bridgehead atoms. The van der Waals surface area contributed by atoms with Crippen LogP contribution in [0.15, 0.2) is 48.5 Å². The minimum atomic E-state index is -0.155. The van der Waals surface area contributed by atoms with Gasteiger partial charge in [-0.1, -0.05) is 42.5 Å². The van der Waals surface area contributed by atoms with E-state index < -0.39 is 0 Å². The maximum absolute atomic E-state index is 13.0. The third-order valence-corrected chi connectivity index (χ3v) is 4.17. The molecule has 0 fully saturated rings. The number of hydrogen-bond donors (Lipinski definition) is 1. The van der Waals surface area contributed by atoms with Crippen LogP contribution in [0.25, 0.3) is 6.08 Å². The molecule has 0 saturated heterocycles. The SMILES string of the molecule is CC=Cc1cc(C(=O)NC(CN(C)C)c2ccccc2)cc(OC)c1OC. The molecule has 144 valence electrons. The van der Waals surface area contributed by atoms with Crippen molar-refractivity contribution in [3.63, 3.8) is 0 Å². The van der Waals surface area contributed by atoms with E-state index in [0.29, 0.717) is 23.6 Å². The molecule has 5 nitrogen and oxygen atoms in total. The normalized spacial score (nSPS) is 12.2. The summed E-state index contributed by atoms with van der Waals surface area (Å²) in [7, 11) is 7.14. The molecule has 0 radical (unpaired) electrons. The van der Waals surface area contributed by atoms with E-state index >= 15 is 0 Å². The van der Waals surface area contributed by atoms with Gasteiger partial charge in [0.1, 0.15) is 0 Å². The summed E-state index contributed by atoms with van der Waals surface area (Å²) in [5, 5.41) is 3.14. The molecule has 0 aliphatic carbocycles. The fourth-order valence-electron chi connectivity index (χ4n) is 2.95. The molecule has 0 aromatic heterocycles. The molecule has 5 heteroatoms. The highest BCUT2D eigenvalue weighted by atomic mass is 16.5. The summed E-state index contributed by atoms with van der Waals surface area (Å²) in [6, 6.07) is 13.4. The van der Waals surface area contributed by atoms with Gasteiger partial charge in [0, 0.05) is 17.7 Å². The van der Waals surface area contributed by atoms with Crippen LogP contribution in [0.3, 0.4) is 0 Å². The van der Waals surface area contributed by atoms with Crippen molar-refractivity contribution in [1.29, 1.82) is 0 Å². The molecule has 0 aliphatic heterocycles. The predicted octanol–water partition coefficient (Wildman–Crippen LogP) is 3.77. The van der Waals surface area contributed by atoms with Crippen LogP contribution in [-0.2, 0) is 0 Å². The molecular weight excluding hydrogens is 340 g/mol. The van der Waals surface area contributed by atoms with Crippen molar-refractivity contribution in [2.45, 2.75) is 13.0 Å². The van der Waals surface area contributed by atoms with Crippen molar-refractivity contribution in [2.24, 2.45) is 0 Å². The van der Waals surface area contributed by atoms with Crippen LogP contribution in [0.4, 0.5) is 0 Å². The van der Waals surface area contributed by atoms with Crippen molar-refractivity contribution in [3.8, 4) is 11.5 Å². The van der Waals surface area contributed by atoms with Gasteiger partial charge < -0.3 is 19.7 Å². The Bertz CT molecular complexity index is 786. The van der Waals surface area contributed by atoms with Crippen LogP contribution in [0.2, 0.25) is 0 Å². The standard InChI is InChI=1S/C22H28N2O3/c1-6-10-17-13-18(14-20(26-4)21(17)27-5)22(25)23-19(15-24(2)3)16-11-8-7-9-12-16/h6-14,19H,15H2,1-5H3,(H,23,25). The maximum atomic E-state index is 13.0. The molecule has 2 aromatic rings. The first-order chi connectivity index (χ1) is 13.0. The Morgan fingerprint density at radius 1 is 1.15 bits per heavy atom. The fraction of sp³-hybridized carbons (Fsp3) is 0.318. The second-order valence-corrected chi connectivity index (χ2v) is 6.50. The van der Waals surface area contributed by atoms with Crippen molar-refractivity contribution in [2.75, 3.05) is 34.9 Å². The Balaban J connectivity index is 2.36. The summed E-state index contributed by atoms with van der Waals surface area (Å²) in [6.45, 7) is 2.62. The zero-order valence-electron chi connectivity index (χ0n) is 16.7. The number of methoxy groups -OCH3 is 2. The van der Waals surface area contributed by atoms with E-state index in [1.165, 1.54) is 0 Å². The summed E-state index contributed by atoms with van der Waals surface area (Å²) in [5.74, 6) is 0.986. The molecule has 2 rings (SSSR count). The Morgan fingerprint density at radius 2 is 1.85 bits per heavy atom. The number of allylic oxidation sites excluding steroid dienone is 1. The van der Waals surface area contributed by atoms with E-state index in [0.717, 1.165) is 11.1 Å². The third kappa shape index (κ3) is 5.34. The van der Waals surface area contributed by atoms with Crippen LogP contribution in [0.5, 0.6) is 11.5 Å². The highest BCUT2D eigenvalue weighted by Crippen LogP contribution is 2.33. The van der Waals surface area contributed by atoms with E-state index in [1.807, 2.05) is 69.6 Å². The number of carbonyl (C=O) groups excluding carboxylic acids is 1. The number of nitrogens with one attached hydrogen (secondary N) is 1. The summed E-state index contributed by atoms with van der Waals surface area (Å²) in [6.07, 6.45) is 3.80. The smallest absolute Gasteiger partial charge is 0.251 e. The van der Waals surface area contributed by atoms with Crippen molar-refractivity contribution in [1.82, 2.24) is 10.2 Å². The van der Waals surface area contributed by atoms with Crippen LogP contribution >= 0.6 is 0 Å². The fourth-order valence-corrected chi connectivity index (χ4v) is 2.95. The lowest BCUT2D eigenvalue weighted by molar-refractivity contribution is 0.0929. The highest BCUT2D eigenvalue weighted by Gasteiger charge is 2.19. The van der Waals surface area contributed by atoms with Crippen molar-refractivity contribution in [3.05, 3.63) is 65.2 Å². The zero-order chi connectivity index (χ0) is 19.8. The number of carbonyl (C=O) groups is 1. The van der Waals surface area contributed by atoms with E-state index in [4.69, 9.17) is 9.47 Å². The quantitative estimate of drug-likeness (QED) is 0.771. The number of likely N-dealkylation sites (N-methyl/N-ethyl adjacent to an activating group) is 1. The molecule has 1 unspecified atom stereocenters. The number of nitrogens with zero attached hydrogens (tertiary/aromatic N) is 1. The largest absolute Gasteiger partial charge is 0.493 e. The Kier molecular flexibility index (Phi) is 7.44. The Labute approximate surface area is 161 Å². The molecule has 2 aromatic carbocycles. The van der Waals surface area contributed by atoms with Gasteiger partial charge in [0.2, 0.25) is 0 Å². The van der Waals surface area contributed by atoms with Crippen LogP contribution < -0.4 is 14.8 Å². The highest BCUT2D eigenvalue weighted by molar-refractivity contribution is 5.96. The average molecular weight is 368 g/mol. The van der Waals surface area contributed by atoms with Gasteiger partial charge in [0.25, 0.3) is 5.91 Å². The second kappa shape index (κ2) is 9.78. The topological polar surface area (TPSA) is 50.8 Å². The van der Waals surface area contributed by atoms with Gasteiger partial charge in [-0.15, -0.1) is 0 Å². The molecule has 1 amide bonds. The van der Waals surface area contributed by atoms with Gasteiger partial charge in [-0.05, 0) is 38.7 Å². The number of rotatable bonds is 8. The van der Waals surface area contributed by atoms with Crippen LogP contribution in [-0.4, -0.2) is 45.7 Å². The summed E-state index contributed by atoms with van der Waals surface area (Å²) in [4.78, 5) is 15.0. The minimum absolute atomic E-state index is 0.119. The summed E-state index contributed by atoms with van der Waals surface area (Å²) >= 11 is 0. The van der Waals surface area contributed by atoms with Gasteiger partial charge in [0.05, 0.1) is 20.3 Å². The second-order valence-electron chi connectivity index (χ2n) is 6.50. The third-order valence-electron chi connectivity index (χ3n) is 4.17. The molecule has 0 heterocycles. The van der Waals surface area contributed by atoms with Gasteiger partial charge in [0.15, 0.2) is 11.5 Å². The summed E-state index contributed by atoms with van der Waals surface area (Å²) < 4.78 is 10.9. The zero-order valence-corrected chi connectivity index (χ0v) is 16.7. The molecule has 27 heavy (non-hydrogen) atoms. The Hall–Kier alpha value is -2.79. The molecular formula is C22H28N2O3. The first-order valence-corrected chi connectivity index (χ1v) is 8.89. The number of hydrogen-bond acceptors (Lipinski definition) is 4. The number of ether oxygens (including phenoxy) is 2. The molecule has 1 N–H and O–H groups in total. The lowest BCUT2D eigenvalue weighted by Crippen LogP contribution is -2.35.